The van der Waals surface area contributed by atoms with Crippen LogP contribution in [0.25, 0.3) is 0 Å². The normalized spacial score (nSPS) is 15.6. The van der Waals surface area contributed by atoms with Crippen LogP contribution < -0.4 is 10.2 Å². The third-order valence-corrected chi connectivity index (χ3v) is 3.36. The minimum absolute atomic E-state index is 0.0781. The van der Waals surface area contributed by atoms with Crippen LogP contribution in [-0.2, 0) is 6.54 Å². The first-order valence-electron chi connectivity index (χ1n) is 7.15. The smallest absolute Gasteiger partial charge is 0.329 e. The molecule has 118 valence electrons. The number of aromatic nitrogens is 2. The summed E-state index contributed by atoms with van der Waals surface area (Å²) in [4.78, 5) is 9.68. The lowest BCUT2D eigenvalue weighted by atomic mass is 10.2. The third-order valence-electron chi connectivity index (χ3n) is 3.36. The van der Waals surface area contributed by atoms with E-state index in [2.05, 4.69) is 15.3 Å². The van der Waals surface area contributed by atoms with E-state index in [0.717, 1.165) is 24.1 Å². The van der Waals surface area contributed by atoms with Crippen LogP contribution >= 0.6 is 0 Å². The Hall–Kier alpha value is -1.37. The molecule has 0 amide bonds. The SMILES string of the molecule is Cc1nc(N(CC(F)(F)F)C2CC2)ncc1CNC(C)C. The van der Waals surface area contributed by atoms with Crippen molar-refractivity contribution >= 4 is 5.95 Å². The molecule has 1 fully saturated rings. The maximum absolute atomic E-state index is 12.7. The Bertz CT molecular complexity index is 484. The van der Waals surface area contributed by atoms with Gasteiger partial charge >= 0.3 is 6.18 Å². The van der Waals surface area contributed by atoms with Gasteiger partial charge in [-0.2, -0.15) is 13.2 Å². The fourth-order valence-corrected chi connectivity index (χ4v) is 2.05. The van der Waals surface area contributed by atoms with Gasteiger partial charge < -0.3 is 10.2 Å². The number of alkyl halides is 3. The van der Waals surface area contributed by atoms with E-state index in [1.165, 1.54) is 4.90 Å². The van der Waals surface area contributed by atoms with E-state index in [0.29, 0.717) is 12.6 Å². The van der Waals surface area contributed by atoms with Crippen LogP contribution in [0.1, 0.15) is 37.9 Å². The van der Waals surface area contributed by atoms with E-state index in [1.807, 2.05) is 13.8 Å². The molecule has 0 unspecified atom stereocenters. The summed E-state index contributed by atoms with van der Waals surface area (Å²) in [5, 5.41) is 3.25. The van der Waals surface area contributed by atoms with Crippen LogP contribution in [0, 0.1) is 6.92 Å². The van der Waals surface area contributed by atoms with Crippen molar-refractivity contribution in [1.82, 2.24) is 15.3 Å². The fraction of sp³-hybridized carbons (Fsp3) is 0.714. The molecule has 0 saturated heterocycles. The highest BCUT2D eigenvalue weighted by Gasteiger charge is 2.39. The summed E-state index contributed by atoms with van der Waals surface area (Å²) in [5.74, 6) is 0.181. The van der Waals surface area contributed by atoms with E-state index in [1.54, 1.807) is 13.1 Å². The molecule has 0 aromatic carbocycles. The molecular weight excluding hydrogens is 281 g/mol. The Labute approximate surface area is 122 Å². The second-order valence-corrected chi connectivity index (χ2v) is 5.79. The average Bonchev–Trinajstić information content (AvgIpc) is 3.17. The monoisotopic (exact) mass is 302 g/mol. The molecule has 1 aromatic heterocycles. The van der Waals surface area contributed by atoms with Crippen molar-refractivity contribution in [2.24, 2.45) is 0 Å². The molecule has 0 atom stereocenters. The summed E-state index contributed by atoms with van der Waals surface area (Å²) in [7, 11) is 0. The Kier molecular flexibility index (Phi) is 4.70. The first-order valence-corrected chi connectivity index (χ1v) is 7.15. The largest absolute Gasteiger partial charge is 0.406 e. The maximum Gasteiger partial charge on any atom is 0.406 e. The molecule has 1 saturated carbocycles. The number of halogens is 3. The molecule has 7 heteroatoms. The van der Waals surface area contributed by atoms with E-state index in [-0.39, 0.29) is 12.0 Å². The van der Waals surface area contributed by atoms with Crippen LogP contribution in [0.2, 0.25) is 0 Å². The van der Waals surface area contributed by atoms with Crippen molar-refractivity contribution in [3.8, 4) is 0 Å². The molecule has 1 heterocycles. The van der Waals surface area contributed by atoms with E-state index < -0.39 is 12.7 Å². The number of hydrogen-bond acceptors (Lipinski definition) is 4. The molecule has 1 aromatic rings. The number of aryl methyl sites for hydroxylation is 1. The van der Waals surface area contributed by atoms with Crippen molar-refractivity contribution in [2.75, 3.05) is 11.4 Å². The Morgan fingerprint density at radius 1 is 1.38 bits per heavy atom. The van der Waals surface area contributed by atoms with Gasteiger partial charge in [0.25, 0.3) is 0 Å². The molecule has 0 bridgehead atoms. The van der Waals surface area contributed by atoms with Crippen LogP contribution in [-0.4, -0.2) is 34.8 Å². The van der Waals surface area contributed by atoms with Crippen molar-refractivity contribution < 1.29 is 13.2 Å². The predicted octanol–water partition coefficient (Wildman–Crippen LogP) is 2.81. The second kappa shape index (κ2) is 6.17. The summed E-state index contributed by atoms with van der Waals surface area (Å²) < 4.78 is 38.0. The molecule has 0 spiro atoms. The molecular formula is C14H21F3N4. The van der Waals surface area contributed by atoms with Crippen LogP contribution in [0.5, 0.6) is 0 Å². The molecule has 2 rings (SSSR count). The highest BCUT2D eigenvalue weighted by Crippen LogP contribution is 2.32. The van der Waals surface area contributed by atoms with Gasteiger partial charge in [-0.1, -0.05) is 13.8 Å². The lowest BCUT2D eigenvalue weighted by Crippen LogP contribution is -2.37. The van der Waals surface area contributed by atoms with Gasteiger partial charge in [-0.15, -0.1) is 0 Å². The van der Waals surface area contributed by atoms with Gasteiger partial charge in [0.1, 0.15) is 6.54 Å². The van der Waals surface area contributed by atoms with Gasteiger partial charge in [0.05, 0.1) is 0 Å². The minimum atomic E-state index is -4.24. The number of rotatable bonds is 6. The van der Waals surface area contributed by atoms with Gasteiger partial charge in [0.15, 0.2) is 0 Å². The van der Waals surface area contributed by atoms with Gasteiger partial charge in [-0.3, -0.25) is 0 Å². The van der Waals surface area contributed by atoms with Crippen molar-refractivity contribution in [3.05, 3.63) is 17.5 Å². The molecule has 1 aliphatic carbocycles. The zero-order chi connectivity index (χ0) is 15.6. The standard InChI is InChI=1S/C14H21F3N4/c1-9(2)18-6-11-7-19-13(20-10(11)3)21(12-4-5-12)8-14(15,16)17/h7,9,12,18H,4-6,8H2,1-3H3. The molecule has 1 aliphatic rings. The zero-order valence-corrected chi connectivity index (χ0v) is 12.5. The third kappa shape index (κ3) is 4.84. The van der Waals surface area contributed by atoms with Crippen molar-refractivity contribution in [1.29, 1.82) is 0 Å². The highest BCUT2D eigenvalue weighted by molar-refractivity contribution is 5.36. The topological polar surface area (TPSA) is 41.1 Å². The Morgan fingerprint density at radius 2 is 2.05 bits per heavy atom. The maximum atomic E-state index is 12.7. The van der Waals surface area contributed by atoms with Crippen molar-refractivity contribution in [2.45, 2.75) is 58.4 Å². The number of nitrogens with zero attached hydrogens (tertiary/aromatic N) is 3. The van der Waals surface area contributed by atoms with E-state index in [4.69, 9.17) is 0 Å². The number of nitrogens with one attached hydrogen (secondary N) is 1. The van der Waals surface area contributed by atoms with Gasteiger partial charge in [-0.25, -0.2) is 9.97 Å². The number of anilines is 1. The van der Waals surface area contributed by atoms with Crippen LogP contribution in [0.3, 0.4) is 0 Å². The second-order valence-electron chi connectivity index (χ2n) is 5.79. The molecule has 0 aliphatic heterocycles. The Balaban J connectivity index is 2.13. The first-order chi connectivity index (χ1) is 9.76. The van der Waals surface area contributed by atoms with Crippen LogP contribution in [0.4, 0.5) is 19.1 Å². The van der Waals surface area contributed by atoms with E-state index >= 15 is 0 Å². The lowest BCUT2D eigenvalue weighted by molar-refractivity contribution is -0.120. The summed E-state index contributed by atoms with van der Waals surface area (Å²) >= 11 is 0. The Morgan fingerprint density at radius 3 is 2.52 bits per heavy atom. The lowest BCUT2D eigenvalue weighted by Gasteiger charge is -2.24. The average molecular weight is 302 g/mol. The molecule has 21 heavy (non-hydrogen) atoms. The first kappa shape index (κ1) is 16.0. The molecule has 4 nitrogen and oxygen atoms in total. The van der Waals surface area contributed by atoms with Gasteiger partial charge in [0, 0.05) is 36.1 Å². The highest BCUT2D eigenvalue weighted by atomic mass is 19.4. The van der Waals surface area contributed by atoms with E-state index in [9.17, 15) is 13.2 Å². The summed E-state index contributed by atoms with van der Waals surface area (Å²) in [6.07, 6.45) is -1.07. The van der Waals surface area contributed by atoms with Crippen molar-refractivity contribution in [3.63, 3.8) is 0 Å². The quantitative estimate of drug-likeness (QED) is 0.877. The molecule has 0 radical (unpaired) electrons. The zero-order valence-electron chi connectivity index (χ0n) is 12.5. The number of hydrogen-bond donors (Lipinski definition) is 1. The van der Waals surface area contributed by atoms with Gasteiger partial charge in [0.2, 0.25) is 5.95 Å². The van der Waals surface area contributed by atoms with Gasteiger partial charge in [-0.05, 0) is 19.8 Å². The summed E-state index contributed by atoms with van der Waals surface area (Å²) in [6, 6.07) is 0.253. The minimum Gasteiger partial charge on any atom is -0.329 e. The summed E-state index contributed by atoms with van der Waals surface area (Å²) in [6.45, 7) is 5.50. The predicted molar refractivity (Wildman–Crippen MR) is 75.2 cm³/mol. The fourth-order valence-electron chi connectivity index (χ4n) is 2.05. The molecule has 1 N–H and O–H groups in total. The van der Waals surface area contributed by atoms with Crippen LogP contribution in [0.15, 0.2) is 6.20 Å². The summed E-state index contributed by atoms with van der Waals surface area (Å²) in [5.41, 5.74) is 1.64.